The van der Waals surface area contributed by atoms with Gasteiger partial charge < -0.3 is 20.7 Å². The zero-order valence-electron chi connectivity index (χ0n) is 11.4. The number of aromatic nitrogens is 1. The van der Waals surface area contributed by atoms with Crippen molar-refractivity contribution in [2.75, 3.05) is 6.54 Å². The van der Waals surface area contributed by atoms with E-state index in [2.05, 4.69) is 15.6 Å². The fourth-order valence-corrected chi connectivity index (χ4v) is 2.02. The molecule has 1 atom stereocenters. The predicted octanol–water partition coefficient (Wildman–Crippen LogP) is 1.86. The van der Waals surface area contributed by atoms with E-state index in [-0.39, 0.29) is 18.5 Å². The van der Waals surface area contributed by atoms with Gasteiger partial charge in [-0.15, -0.1) is 0 Å². The molecule has 0 bridgehead atoms. The Morgan fingerprint density at radius 3 is 2.80 bits per heavy atom. The van der Waals surface area contributed by atoms with Gasteiger partial charge in [0.25, 0.3) is 5.91 Å². The van der Waals surface area contributed by atoms with Crippen molar-refractivity contribution in [2.24, 2.45) is 0 Å². The van der Waals surface area contributed by atoms with Crippen molar-refractivity contribution in [3.05, 3.63) is 35.5 Å². The van der Waals surface area contributed by atoms with Gasteiger partial charge in [0, 0.05) is 23.5 Å². The van der Waals surface area contributed by atoms with E-state index in [4.69, 9.17) is 5.11 Å². The van der Waals surface area contributed by atoms with E-state index in [0.29, 0.717) is 5.69 Å². The van der Waals surface area contributed by atoms with Crippen LogP contribution in [0.25, 0.3) is 10.9 Å². The highest BCUT2D eigenvalue weighted by Gasteiger charge is 2.13. The molecule has 0 aliphatic rings. The van der Waals surface area contributed by atoms with Crippen LogP contribution in [0.5, 0.6) is 0 Å². The molecule has 2 amide bonds. The van der Waals surface area contributed by atoms with Crippen LogP contribution >= 0.6 is 0 Å². The number of nitrogens with one attached hydrogen (secondary N) is 3. The van der Waals surface area contributed by atoms with Gasteiger partial charge in [-0.2, -0.15) is 0 Å². The maximum absolute atomic E-state index is 12.1. The van der Waals surface area contributed by atoms with Crippen LogP contribution < -0.4 is 10.6 Å². The Bertz CT molecular complexity index is 648. The van der Waals surface area contributed by atoms with E-state index in [1.807, 2.05) is 25.1 Å². The average Bonchev–Trinajstić information content (AvgIpc) is 2.82. The van der Waals surface area contributed by atoms with Crippen LogP contribution in [0.3, 0.4) is 0 Å². The lowest BCUT2D eigenvalue weighted by molar-refractivity contribution is 0.0934. The van der Waals surface area contributed by atoms with Gasteiger partial charge in [0.15, 0.2) is 0 Å². The first kappa shape index (κ1) is 13.9. The fourth-order valence-electron chi connectivity index (χ4n) is 2.02. The van der Waals surface area contributed by atoms with Crippen LogP contribution in [0.4, 0.5) is 4.79 Å². The first-order chi connectivity index (χ1) is 9.47. The van der Waals surface area contributed by atoms with E-state index >= 15 is 0 Å². The maximum Gasteiger partial charge on any atom is 0.404 e. The highest BCUT2D eigenvalue weighted by Crippen LogP contribution is 2.18. The van der Waals surface area contributed by atoms with Crippen LogP contribution in [0.15, 0.2) is 24.3 Å². The zero-order chi connectivity index (χ0) is 14.7. The van der Waals surface area contributed by atoms with Crippen molar-refractivity contribution in [1.82, 2.24) is 15.6 Å². The molecule has 0 fully saturated rings. The average molecular weight is 275 g/mol. The van der Waals surface area contributed by atoms with Crippen LogP contribution in [0, 0.1) is 6.92 Å². The summed E-state index contributed by atoms with van der Waals surface area (Å²) in [6.45, 7) is 3.88. The molecule has 0 aliphatic carbocycles. The molecule has 20 heavy (non-hydrogen) atoms. The smallest absolute Gasteiger partial charge is 0.404 e. The SMILES string of the molecule is Cc1cccc2cc(C(=O)NC(C)CNC(=O)O)[nH]c12. The molecule has 4 N–H and O–H groups in total. The van der Waals surface area contributed by atoms with Crippen molar-refractivity contribution in [2.45, 2.75) is 19.9 Å². The minimum Gasteiger partial charge on any atom is -0.465 e. The van der Waals surface area contributed by atoms with E-state index in [1.54, 1.807) is 13.0 Å². The first-order valence-corrected chi connectivity index (χ1v) is 6.33. The summed E-state index contributed by atoms with van der Waals surface area (Å²) in [6.07, 6.45) is -1.10. The summed E-state index contributed by atoms with van der Waals surface area (Å²) in [5.41, 5.74) is 2.48. The third-order valence-corrected chi connectivity index (χ3v) is 3.05. The summed E-state index contributed by atoms with van der Waals surface area (Å²) in [7, 11) is 0. The monoisotopic (exact) mass is 275 g/mol. The van der Waals surface area contributed by atoms with Gasteiger partial charge >= 0.3 is 6.09 Å². The quantitative estimate of drug-likeness (QED) is 0.686. The van der Waals surface area contributed by atoms with Crippen molar-refractivity contribution in [3.8, 4) is 0 Å². The summed E-state index contributed by atoms with van der Waals surface area (Å²) >= 11 is 0. The number of carbonyl (C=O) groups is 2. The summed E-state index contributed by atoms with van der Waals surface area (Å²) in [5, 5.41) is 14.5. The van der Waals surface area contributed by atoms with Crippen LogP contribution in [0.2, 0.25) is 0 Å². The van der Waals surface area contributed by atoms with E-state index < -0.39 is 6.09 Å². The summed E-state index contributed by atoms with van der Waals surface area (Å²) < 4.78 is 0. The number of hydrogen-bond acceptors (Lipinski definition) is 2. The number of amides is 2. The van der Waals surface area contributed by atoms with Crippen LogP contribution in [-0.2, 0) is 0 Å². The molecule has 0 aliphatic heterocycles. The first-order valence-electron chi connectivity index (χ1n) is 6.33. The molecule has 2 aromatic rings. The Hall–Kier alpha value is -2.50. The second-order valence-corrected chi connectivity index (χ2v) is 4.78. The normalized spacial score (nSPS) is 12.1. The Morgan fingerprint density at radius 1 is 1.40 bits per heavy atom. The number of benzene rings is 1. The van der Waals surface area contributed by atoms with Crippen molar-refractivity contribution < 1.29 is 14.7 Å². The minimum atomic E-state index is -1.10. The van der Waals surface area contributed by atoms with Gasteiger partial charge in [-0.1, -0.05) is 18.2 Å². The molecule has 0 saturated carbocycles. The number of H-pyrrole nitrogens is 1. The molecule has 1 aromatic carbocycles. The second kappa shape index (κ2) is 5.64. The summed E-state index contributed by atoms with van der Waals surface area (Å²) in [4.78, 5) is 25.5. The Kier molecular flexibility index (Phi) is 3.93. The second-order valence-electron chi connectivity index (χ2n) is 4.78. The third kappa shape index (κ3) is 3.09. The van der Waals surface area contributed by atoms with Gasteiger partial charge in [-0.05, 0) is 25.5 Å². The standard InChI is InChI=1S/C14H17N3O3/c1-8-4-3-5-10-6-11(17-12(8)10)13(18)16-9(2)7-15-14(19)20/h3-6,9,15,17H,7H2,1-2H3,(H,16,18)(H,19,20). The van der Waals surface area contributed by atoms with E-state index in [9.17, 15) is 9.59 Å². The number of rotatable bonds is 4. The number of para-hydroxylation sites is 1. The lowest BCUT2D eigenvalue weighted by Crippen LogP contribution is -2.41. The molecule has 1 unspecified atom stereocenters. The van der Waals surface area contributed by atoms with Gasteiger partial charge in [0.1, 0.15) is 5.69 Å². The predicted molar refractivity (Wildman–Crippen MR) is 76.0 cm³/mol. The lowest BCUT2D eigenvalue weighted by atomic mass is 10.2. The van der Waals surface area contributed by atoms with E-state index in [0.717, 1.165) is 16.5 Å². The van der Waals surface area contributed by atoms with Crippen LogP contribution in [0.1, 0.15) is 23.0 Å². The molecular weight excluding hydrogens is 258 g/mol. The Morgan fingerprint density at radius 2 is 2.15 bits per heavy atom. The van der Waals surface area contributed by atoms with Gasteiger partial charge in [-0.3, -0.25) is 4.79 Å². The maximum atomic E-state index is 12.1. The molecule has 1 heterocycles. The molecule has 1 aromatic heterocycles. The van der Waals surface area contributed by atoms with Gasteiger partial charge in [0.05, 0.1) is 0 Å². The van der Waals surface area contributed by atoms with Crippen molar-refractivity contribution >= 4 is 22.9 Å². The molecule has 6 heteroatoms. The Balaban J connectivity index is 2.07. The van der Waals surface area contributed by atoms with Crippen LogP contribution in [-0.4, -0.2) is 34.7 Å². The largest absolute Gasteiger partial charge is 0.465 e. The number of aromatic amines is 1. The Labute approximate surface area is 116 Å². The van der Waals surface area contributed by atoms with E-state index in [1.165, 1.54) is 0 Å². The molecule has 0 saturated heterocycles. The molecule has 106 valence electrons. The summed E-state index contributed by atoms with van der Waals surface area (Å²) in [5.74, 6) is -0.250. The number of carboxylic acid groups (broad SMARTS) is 1. The minimum absolute atomic E-state index is 0.167. The van der Waals surface area contributed by atoms with Gasteiger partial charge in [-0.25, -0.2) is 4.79 Å². The highest BCUT2D eigenvalue weighted by atomic mass is 16.4. The highest BCUT2D eigenvalue weighted by molar-refractivity contribution is 5.98. The number of aryl methyl sites for hydroxylation is 1. The molecule has 6 nitrogen and oxygen atoms in total. The fraction of sp³-hybridized carbons (Fsp3) is 0.286. The molecule has 0 spiro atoms. The third-order valence-electron chi connectivity index (χ3n) is 3.05. The zero-order valence-corrected chi connectivity index (χ0v) is 11.4. The molecule has 0 radical (unpaired) electrons. The topological polar surface area (TPSA) is 94.2 Å². The van der Waals surface area contributed by atoms with Crippen molar-refractivity contribution in [3.63, 3.8) is 0 Å². The molecular formula is C14H17N3O3. The van der Waals surface area contributed by atoms with Crippen molar-refractivity contribution in [1.29, 1.82) is 0 Å². The number of hydrogen-bond donors (Lipinski definition) is 4. The summed E-state index contributed by atoms with van der Waals surface area (Å²) in [6, 6.07) is 7.35. The molecule has 2 rings (SSSR count). The number of carbonyl (C=O) groups excluding carboxylic acids is 1. The lowest BCUT2D eigenvalue weighted by Gasteiger charge is -2.12. The number of fused-ring (bicyclic) bond motifs is 1. The van der Waals surface area contributed by atoms with Gasteiger partial charge in [0.2, 0.25) is 0 Å².